The molecule has 7 heteroatoms. The van der Waals surface area contributed by atoms with Crippen molar-refractivity contribution in [2.75, 3.05) is 5.32 Å². The summed E-state index contributed by atoms with van der Waals surface area (Å²) in [5.74, 6) is 0.560. The summed E-state index contributed by atoms with van der Waals surface area (Å²) in [6.07, 6.45) is 3.52. The average molecular weight is 236 g/mol. The Bertz CT molecular complexity index is 475. The van der Waals surface area contributed by atoms with Crippen LogP contribution in [0.5, 0.6) is 0 Å². The predicted molar refractivity (Wildman–Crippen MR) is 62.8 cm³/mol. The van der Waals surface area contributed by atoms with Gasteiger partial charge in [-0.3, -0.25) is 4.68 Å². The number of hydrogen-bond acceptors (Lipinski definition) is 6. The molecule has 0 bridgehead atoms. The van der Waals surface area contributed by atoms with E-state index in [1.807, 2.05) is 13.2 Å². The van der Waals surface area contributed by atoms with Gasteiger partial charge in [-0.15, -0.1) is 5.10 Å². The van der Waals surface area contributed by atoms with Gasteiger partial charge in [-0.25, -0.2) is 0 Å². The molecule has 0 aliphatic rings. The molecule has 2 rings (SSSR count). The lowest BCUT2D eigenvalue weighted by Gasteiger charge is -2.03. The fourth-order valence-electron chi connectivity index (χ4n) is 1.28. The summed E-state index contributed by atoms with van der Waals surface area (Å²) in [6, 6.07) is 0.759. The third-order valence-corrected chi connectivity index (χ3v) is 2.08. The summed E-state index contributed by atoms with van der Waals surface area (Å²) >= 11 is 0. The average Bonchev–Trinajstić information content (AvgIpc) is 2.86. The van der Waals surface area contributed by atoms with Crippen molar-refractivity contribution in [3.63, 3.8) is 0 Å². The maximum Gasteiger partial charge on any atom is 0.320 e. The molecule has 92 valence electrons. The number of rotatable bonds is 5. The molecule has 7 nitrogen and oxygen atoms in total. The van der Waals surface area contributed by atoms with Crippen LogP contribution in [-0.4, -0.2) is 26.0 Å². The number of anilines is 2. The first-order valence-electron chi connectivity index (χ1n) is 5.45. The molecule has 2 heterocycles. The topological polar surface area (TPSA) is 80.8 Å². The molecule has 17 heavy (non-hydrogen) atoms. The van der Waals surface area contributed by atoms with Crippen molar-refractivity contribution in [1.82, 2.24) is 25.3 Å². The molecule has 0 atom stereocenters. The Balaban J connectivity index is 1.94. The molecule has 0 fully saturated rings. The number of nitrogens with zero attached hydrogens (tertiary/aromatic N) is 4. The van der Waals surface area contributed by atoms with Crippen LogP contribution in [0.15, 0.2) is 16.8 Å². The van der Waals surface area contributed by atoms with Crippen LogP contribution < -0.4 is 10.6 Å². The summed E-state index contributed by atoms with van der Waals surface area (Å²) in [7, 11) is 1.84. The summed E-state index contributed by atoms with van der Waals surface area (Å²) in [6.45, 7) is 4.69. The second kappa shape index (κ2) is 4.96. The van der Waals surface area contributed by atoms with E-state index in [-0.39, 0.29) is 0 Å². The summed E-state index contributed by atoms with van der Waals surface area (Å²) < 4.78 is 7.11. The zero-order valence-electron chi connectivity index (χ0n) is 10.1. The molecule has 0 spiro atoms. The molecule has 2 aromatic heterocycles. The molecule has 0 aromatic carbocycles. The molecular weight excluding hydrogens is 220 g/mol. The fraction of sp³-hybridized carbons (Fsp3) is 0.500. The van der Waals surface area contributed by atoms with E-state index in [4.69, 9.17) is 4.42 Å². The van der Waals surface area contributed by atoms with Gasteiger partial charge in [-0.2, -0.15) is 5.10 Å². The number of hydrogen-bond donors (Lipinski definition) is 2. The van der Waals surface area contributed by atoms with Crippen LogP contribution in [0.4, 0.5) is 11.7 Å². The molecule has 2 N–H and O–H groups in total. The van der Waals surface area contributed by atoms with Crippen LogP contribution in [0.25, 0.3) is 0 Å². The fourth-order valence-corrected chi connectivity index (χ4v) is 1.28. The van der Waals surface area contributed by atoms with Crippen molar-refractivity contribution < 1.29 is 4.42 Å². The lowest BCUT2D eigenvalue weighted by atomic mass is 10.4. The maximum atomic E-state index is 5.41. The van der Waals surface area contributed by atoms with Gasteiger partial charge < -0.3 is 15.1 Å². The van der Waals surface area contributed by atoms with Crippen LogP contribution in [0.1, 0.15) is 19.7 Å². The van der Waals surface area contributed by atoms with Gasteiger partial charge in [0.2, 0.25) is 5.89 Å². The van der Waals surface area contributed by atoms with Gasteiger partial charge >= 0.3 is 6.01 Å². The van der Waals surface area contributed by atoms with Crippen molar-refractivity contribution in [2.45, 2.75) is 26.4 Å². The molecular formula is C10H16N6O. The standard InChI is InChI=1S/C10H16N6O/c1-7(2)11-5-9-14-15-10(17-9)13-8-4-12-16(3)6-8/h4,6-7,11H,5H2,1-3H3,(H,13,15). The highest BCUT2D eigenvalue weighted by Crippen LogP contribution is 2.13. The van der Waals surface area contributed by atoms with Crippen LogP contribution >= 0.6 is 0 Å². The maximum absolute atomic E-state index is 5.41. The Morgan fingerprint density at radius 3 is 2.88 bits per heavy atom. The summed E-state index contributed by atoms with van der Waals surface area (Å²) in [4.78, 5) is 0. The van der Waals surface area contributed by atoms with Crippen molar-refractivity contribution in [2.24, 2.45) is 7.05 Å². The van der Waals surface area contributed by atoms with E-state index in [2.05, 4.69) is 39.8 Å². The largest absolute Gasteiger partial charge is 0.406 e. The molecule has 2 aromatic rings. The van der Waals surface area contributed by atoms with Crippen molar-refractivity contribution >= 4 is 11.7 Å². The highest BCUT2D eigenvalue weighted by molar-refractivity contribution is 5.48. The molecule has 0 saturated carbocycles. The lowest BCUT2D eigenvalue weighted by Crippen LogP contribution is -2.21. The predicted octanol–water partition coefficient (Wildman–Crippen LogP) is 1.04. The normalized spacial score (nSPS) is 11.1. The Kier molecular flexibility index (Phi) is 3.38. The highest BCUT2D eigenvalue weighted by atomic mass is 16.4. The minimum atomic E-state index is 0.374. The van der Waals surface area contributed by atoms with E-state index in [1.165, 1.54) is 0 Å². The van der Waals surface area contributed by atoms with Crippen molar-refractivity contribution in [3.05, 3.63) is 18.3 Å². The third-order valence-electron chi connectivity index (χ3n) is 2.08. The molecule has 0 aliphatic carbocycles. The van der Waals surface area contributed by atoms with Gasteiger partial charge in [0.05, 0.1) is 18.4 Å². The number of aryl methyl sites for hydroxylation is 1. The first-order chi connectivity index (χ1) is 8.13. The molecule has 0 unspecified atom stereocenters. The Morgan fingerprint density at radius 2 is 2.24 bits per heavy atom. The van der Waals surface area contributed by atoms with Gasteiger partial charge in [0.1, 0.15) is 0 Å². The van der Waals surface area contributed by atoms with E-state index in [1.54, 1.807) is 10.9 Å². The molecule has 0 amide bonds. The van der Waals surface area contributed by atoms with Gasteiger partial charge in [-0.05, 0) is 0 Å². The monoisotopic (exact) mass is 236 g/mol. The van der Waals surface area contributed by atoms with Gasteiger partial charge in [0, 0.05) is 19.3 Å². The van der Waals surface area contributed by atoms with Crippen LogP contribution in [0.3, 0.4) is 0 Å². The molecule has 0 radical (unpaired) electrons. The Hall–Kier alpha value is -1.89. The third kappa shape index (κ3) is 3.28. The van der Waals surface area contributed by atoms with Crippen LogP contribution in [-0.2, 0) is 13.6 Å². The van der Waals surface area contributed by atoms with Gasteiger partial charge in [0.15, 0.2) is 0 Å². The van der Waals surface area contributed by atoms with Crippen LogP contribution in [0.2, 0.25) is 0 Å². The second-order valence-corrected chi connectivity index (χ2v) is 4.06. The first-order valence-corrected chi connectivity index (χ1v) is 5.45. The Morgan fingerprint density at radius 1 is 1.41 bits per heavy atom. The molecule has 0 saturated heterocycles. The SMILES string of the molecule is CC(C)NCc1nnc(Nc2cnn(C)c2)o1. The van der Waals surface area contributed by atoms with Gasteiger partial charge in [-0.1, -0.05) is 18.9 Å². The van der Waals surface area contributed by atoms with Crippen molar-refractivity contribution in [1.29, 1.82) is 0 Å². The zero-order valence-corrected chi connectivity index (χ0v) is 10.1. The van der Waals surface area contributed by atoms with E-state index in [9.17, 15) is 0 Å². The Labute approximate surface area is 99.2 Å². The van der Waals surface area contributed by atoms with E-state index in [0.717, 1.165) is 5.69 Å². The zero-order chi connectivity index (χ0) is 12.3. The van der Waals surface area contributed by atoms with E-state index < -0.39 is 0 Å². The quantitative estimate of drug-likeness (QED) is 0.807. The van der Waals surface area contributed by atoms with Gasteiger partial charge in [0.25, 0.3) is 0 Å². The highest BCUT2D eigenvalue weighted by Gasteiger charge is 2.07. The number of nitrogens with one attached hydrogen (secondary N) is 2. The van der Waals surface area contributed by atoms with E-state index in [0.29, 0.717) is 24.5 Å². The first kappa shape index (κ1) is 11.6. The smallest absolute Gasteiger partial charge is 0.320 e. The van der Waals surface area contributed by atoms with Crippen LogP contribution in [0, 0.1) is 0 Å². The summed E-state index contributed by atoms with van der Waals surface area (Å²) in [5, 5.41) is 18.0. The minimum absolute atomic E-state index is 0.374. The molecule has 0 aliphatic heterocycles. The number of aromatic nitrogens is 4. The second-order valence-electron chi connectivity index (χ2n) is 4.06. The lowest BCUT2D eigenvalue weighted by molar-refractivity contribution is 0.460. The minimum Gasteiger partial charge on any atom is -0.406 e. The van der Waals surface area contributed by atoms with E-state index >= 15 is 0 Å². The summed E-state index contributed by atoms with van der Waals surface area (Å²) in [5.41, 5.74) is 0.819. The van der Waals surface area contributed by atoms with Crippen molar-refractivity contribution in [3.8, 4) is 0 Å².